The number of benzene rings is 1. The van der Waals surface area contributed by atoms with Crippen molar-refractivity contribution in [3.63, 3.8) is 0 Å². The zero-order valence-corrected chi connectivity index (χ0v) is 12.7. The van der Waals surface area contributed by atoms with Gasteiger partial charge in [-0.1, -0.05) is 0 Å². The third-order valence-corrected chi connectivity index (χ3v) is 4.65. The highest BCUT2D eigenvalue weighted by atomic mass is 32.2. The van der Waals surface area contributed by atoms with E-state index in [1.54, 1.807) is 0 Å². The molecule has 1 fully saturated rings. The fourth-order valence-corrected chi connectivity index (χ4v) is 3.50. The van der Waals surface area contributed by atoms with Crippen molar-refractivity contribution in [2.24, 2.45) is 0 Å². The maximum atomic E-state index is 12.1. The molecule has 1 aliphatic heterocycles. The molecule has 0 saturated carbocycles. The van der Waals surface area contributed by atoms with Crippen LogP contribution in [0, 0.1) is 0 Å². The number of fused-ring (bicyclic) bond motifs is 1. The summed E-state index contributed by atoms with van der Waals surface area (Å²) in [6.45, 7) is 3.83. The number of hydrogen-bond donors (Lipinski definition) is 3. The van der Waals surface area contributed by atoms with Crippen LogP contribution in [0.2, 0.25) is 0 Å². The molecule has 112 valence electrons. The van der Waals surface area contributed by atoms with Gasteiger partial charge in [-0.2, -0.15) is 11.8 Å². The van der Waals surface area contributed by atoms with Gasteiger partial charge in [0.05, 0.1) is 0 Å². The monoisotopic (exact) mass is 304 g/mol. The van der Waals surface area contributed by atoms with E-state index in [4.69, 9.17) is 5.73 Å². The molecule has 0 unspecified atom stereocenters. The molecular weight excluding hydrogens is 284 g/mol. The van der Waals surface area contributed by atoms with Crippen molar-refractivity contribution < 1.29 is 4.79 Å². The molecule has 21 heavy (non-hydrogen) atoms. The molecule has 0 aliphatic carbocycles. The Kier molecular flexibility index (Phi) is 4.36. The Morgan fingerprint density at radius 2 is 2.14 bits per heavy atom. The first kappa shape index (κ1) is 14.3. The lowest BCUT2D eigenvalue weighted by molar-refractivity contribution is 0.0945. The molecule has 6 heteroatoms. The second kappa shape index (κ2) is 6.41. The fraction of sp³-hybridized carbons (Fsp3) is 0.400. The smallest absolute Gasteiger partial charge is 0.267 e. The summed E-state index contributed by atoms with van der Waals surface area (Å²) in [4.78, 5) is 17.7. The first-order valence-electron chi connectivity index (χ1n) is 7.19. The number of anilines is 1. The quantitative estimate of drug-likeness (QED) is 0.749. The molecule has 2 aromatic rings. The molecule has 2 heterocycles. The summed E-state index contributed by atoms with van der Waals surface area (Å²) >= 11 is 1.99. The first-order chi connectivity index (χ1) is 10.2. The van der Waals surface area contributed by atoms with Crippen molar-refractivity contribution in [3.8, 4) is 0 Å². The number of nitrogens with one attached hydrogen (secondary N) is 2. The lowest BCUT2D eigenvalue weighted by atomic mass is 10.2. The Morgan fingerprint density at radius 3 is 2.95 bits per heavy atom. The van der Waals surface area contributed by atoms with E-state index in [0.717, 1.165) is 30.5 Å². The summed E-state index contributed by atoms with van der Waals surface area (Å²) in [5.41, 5.74) is 7.98. The van der Waals surface area contributed by atoms with Crippen molar-refractivity contribution in [2.45, 2.75) is 0 Å². The van der Waals surface area contributed by atoms with Crippen LogP contribution in [0.1, 0.15) is 10.5 Å². The van der Waals surface area contributed by atoms with Gasteiger partial charge in [-0.15, -0.1) is 0 Å². The normalized spacial score (nSPS) is 16.2. The number of nitrogen functional groups attached to an aromatic ring is 1. The van der Waals surface area contributed by atoms with Crippen molar-refractivity contribution in [3.05, 3.63) is 30.0 Å². The van der Waals surface area contributed by atoms with Crippen LogP contribution in [0.3, 0.4) is 0 Å². The number of hydrogen-bond acceptors (Lipinski definition) is 4. The van der Waals surface area contributed by atoms with Crippen LogP contribution in [-0.4, -0.2) is 53.5 Å². The number of amides is 1. The second-order valence-corrected chi connectivity index (χ2v) is 6.46. The first-order valence-corrected chi connectivity index (χ1v) is 8.34. The largest absolute Gasteiger partial charge is 0.399 e. The number of H-pyrrole nitrogens is 1. The number of rotatable bonds is 4. The lowest BCUT2D eigenvalue weighted by Crippen LogP contribution is -2.39. The summed E-state index contributed by atoms with van der Waals surface area (Å²) in [5.74, 6) is 2.32. The van der Waals surface area contributed by atoms with E-state index in [-0.39, 0.29) is 5.91 Å². The average molecular weight is 304 g/mol. The summed E-state index contributed by atoms with van der Waals surface area (Å²) in [6.07, 6.45) is 0. The average Bonchev–Trinajstić information content (AvgIpc) is 2.91. The molecule has 1 aromatic heterocycles. The van der Waals surface area contributed by atoms with Gasteiger partial charge in [0.1, 0.15) is 5.69 Å². The topological polar surface area (TPSA) is 74.1 Å². The highest BCUT2D eigenvalue weighted by molar-refractivity contribution is 7.99. The molecule has 0 atom stereocenters. The number of nitrogens with two attached hydrogens (primary N) is 1. The number of aromatic amines is 1. The predicted octanol–water partition coefficient (Wildman–Crippen LogP) is 1.53. The van der Waals surface area contributed by atoms with E-state index in [9.17, 15) is 4.79 Å². The molecule has 0 spiro atoms. The van der Waals surface area contributed by atoms with Gasteiger partial charge < -0.3 is 16.0 Å². The maximum absolute atomic E-state index is 12.1. The van der Waals surface area contributed by atoms with Gasteiger partial charge in [-0.05, 0) is 24.3 Å². The molecule has 4 N–H and O–H groups in total. The number of thioether (sulfide) groups is 1. The number of aromatic nitrogens is 1. The molecule has 1 aromatic carbocycles. The second-order valence-electron chi connectivity index (χ2n) is 5.24. The Bertz CT molecular complexity index is 634. The van der Waals surface area contributed by atoms with E-state index in [2.05, 4.69) is 15.2 Å². The number of nitrogens with zero attached hydrogens (tertiary/aromatic N) is 1. The van der Waals surface area contributed by atoms with Gasteiger partial charge in [0.2, 0.25) is 0 Å². The molecule has 5 nitrogen and oxygen atoms in total. The predicted molar refractivity (Wildman–Crippen MR) is 88.8 cm³/mol. The Labute approximate surface area is 128 Å². The van der Waals surface area contributed by atoms with Gasteiger partial charge in [0.15, 0.2) is 0 Å². The van der Waals surface area contributed by atoms with Crippen LogP contribution in [0.5, 0.6) is 0 Å². The summed E-state index contributed by atoms with van der Waals surface area (Å²) in [5, 5.41) is 3.94. The molecule has 3 rings (SSSR count). The van der Waals surface area contributed by atoms with Crippen LogP contribution in [0.4, 0.5) is 5.69 Å². The van der Waals surface area contributed by atoms with Gasteiger partial charge in [-0.25, -0.2) is 0 Å². The zero-order chi connectivity index (χ0) is 14.7. The maximum Gasteiger partial charge on any atom is 0.267 e. The Morgan fingerprint density at radius 1 is 1.33 bits per heavy atom. The molecule has 1 saturated heterocycles. The molecule has 1 amide bonds. The summed E-state index contributed by atoms with van der Waals surface area (Å²) < 4.78 is 0. The molecular formula is C15H20N4OS. The Hall–Kier alpha value is -1.66. The summed E-state index contributed by atoms with van der Waals surface area (Å²) in [6, 6.07) is 7.44. The van der Waals surface area contributed by atoms with Crippen LogP contribution in [-0.2, 0) is 0 Å². The standard InChI is InChI=1S/C15H20N4OS/c16-12-1-2-13-11(9-12)10-14(18-13)15(20)17-3-4-19-5-7-21-8-6-19/h1-2,9-10,18H,3-8,16H2,(H,17,20). The van der Waals surface area contributed by atoms with Crippen molar-refractivity contribution in [1.29, 1.82) is 0 Å². The van der Waals surface area contributed by atoms with E-state index in [0.29, 0.717) is 17.9 Å². The lowest BCUT2D eigenvalue weighted by Gasteiger charge is -2.25. The van der Waals surface area contributed by atoms with Gasteiger partial charge in [-0.3, -0.25) is 9.69 Å². The van der Waals surface area contributed by atoms with E-state index in [1.165, 1.54) is 11.5 Å². The molecule has 0 bridgehead atoms. The van der Waals surface area contributed by atoms with Crippen LogP contribution >= 0.6 is 11.8 Å². The van der Waals surface area contributed by atoms with Gasteiger partial charge in [0.25, 0.3) is 5.91 Å². The Balaban J connectivity index is 1.56. The third kappa shape index (κ3) is 3.51. The van der Waals surface area contributed by atoms with Crippen LogP contribution < -0.4 is 11.1 Å². The van der Waals surface area contributed by atoms with Crippen LogP contribution in [0.25, 0.3) is 10.9 Å². The van der Waals surface area contributed by atoms with Crippen molar-refractivity contribution in [1.82, 2.24) is 15.2 Å². The summed E-state index contributed by atoms with van der Waals surface area (Å²) in [7, 11) is 0. The SMILES string of the molecule is Nc1ccc2[nH]c(C(=O)NCCN3CCSCC3)cc2c1. The number of carbonyl (C=O) groups excluding carboxylic acids is 1. The minimum Gasteiger partial charge on any atom is -0.399 e. The minimum absolute atomic E-state index is 0.0591. The fourth-order valence-electron chi connectivity index (χ4n) is 2.52. The van der Waals surface area contributed by atoms with Crippen LogP contribution in [0.15, 0.2) is 24.3 Å². The molecule has 0 radical (unpaired) electrons. The van der Waals surface area contributed by atoms with Crippen molar-refractivity contribution >= 4 is 34.3 Å². The number of carbonyl (C=O) groups is 1. The van der Waals surface area contributed by atoms with E-state index < -0.39 is 0 Å². The highest BCUT2D eigenvalue weighted by Crippen LogP contribution is 2.18. The van der Waals surface area contributed by atoms with Crippen molar-refractivity contribution in [2.75, 3.05) is 43.4 Å². The van der Waals surface area contributed by atoms with Gasteiger partial charge in [0, 0.05) is 54.3 Å². The minimum atomic E-state index is -0.0591. The van der Waals surface area contributed by atoms with E-state index in [1.807, 2.05) is 36.0 Å². The van der Waals surface area contributed by atoms with E-state index >= 15 is 0 Å². The third-order valence-electron chi connectivity index (χ3n) is 3.71. The van der Waals surface area contributed by atoms with Gasteiger partial charge >= 0.3 is 0 Å². The zero-order valence-electron chi connectivity index (χ0n) is 11.9. The highest BCUT2D eigenvalue weighted by Gasteiger charge is 2.12. The molecule has 1 aliphatic rings.